The van der Waals surface area contributed by atoms with Gasteiger partial charge in [-0.25, -0.2) is 9.59 Å². The van der Waals surface area contributed by atoms with E-state index in [1.807, 2.05) is 37.8 Å². The summed E-state index contributed by atoms with van der Waals surface area (Å²) in [6.45, 7) is 9.73. The van der Waals surface area contributed by atoms with Gasteiger partial charge in [-0.3, -0.25) is 15.0 Å². The second-order valence-electron chi connectivity index (χ2n) is 11.2. The average Bonchev–Trinajstić information content (AvgIpc) is 3.07. The number of anilines is 1. The van der Waals surface area contributed by atoms with Crippen molar-refractivity contribution in [1.82, 2.24) is 14.8 Å². The van der Waals surface area contributed by atoms with Crippen molar-refractivity contribution in [2.24, 2.45) is 5.41 Å². The van der Waals surface area contributed by atoms with Crippen LogP contribution in [-0.2, 0) is 9.53 Å². The van der Waals surface area contributed by atoms with Crippen LogP contribution in [0.5, 0.6) is 0 Å². The summed E-state index contributed by atoms with van der Waals surface area (Å²) in [4.78, 5) is 40.0. The van der Waals surface area contributed by atoms with Crippen molar-refractivity contribution in [3.05, 3.63) is 30.0 Å². The highest BCUT2D eigenvalue weighted by molar-refractivity contribution is 6.09. The van der Waals surface area contributed by atoms with Gasteiger partial charge in [-0.05, 0) is 77.0 Å². The lowest BCUT2D eigenvalue weighted by molar-refractivity contribution is -0.120. The first kappa shape index (κ1) is 22.7. The first-order valence-electron chi connectivity index (χ1n) is 12.3. The SMILES string of the molecule is Cc1cc2c(N3CCC(=O)NC3=O)cccc2n1C1CC2(CCN(C(=O)OC(C)(C)C)CC2)C1. The number of aryl methyl sites for hydroxylation is 1. The molecule has 0 atom stereocenters. The Hall–Kier alpha value is -3.03. The zero-order valence-corrected chi connectivity index (χ0v) is 20.5. The number of aromatic nitrogens is 1. The Morgan fingerprint density at radius 3 is 2.47 bits per heavy atom. The monoisotopic (exact) mass is 466 g/mol. The van der Waals surface area contributed by atoms with Gasteiger partial charge in [0.1, 0.15) is 5.60 Å². The third-order valence-corrected chi connectivity index (χ3v) is 7.58. The summed E-state index contributed by atoms with van der Waals surface area (Å²) in [6.07, 6.45) is 4.32. The fourth-order valence-electron chi connectivity index (χ4n) is 5.90. The molecule has 5 rings (SSSR count). The molecule has 2 aliphatic heterocycles. The number of carbonyl (C=O) groups excluding carboxylic acids is 3. The number of ether oxygens (including phenoxy) is 1. The van der Waals surface area contributed by atoms with Gasteiger partial charge in [0.05, 0.1) is 11.2 Å². The summed E-state index contributed by atoms with van der Waals surface area (Å²) in [6, 6.07) is 8.28. The van der Waals surface area contributed by atoms with Crippen LogP contribution in [0.2, 0.25) is 0 Å². The number of piperidine rings is 1. The van der Waals surface area contributed by atoms with Crippen molar-refractivity contribution in [1.29, 1.82) is 0 Å². The molecule has 1 saturated carbocycles. The van der Waals surface area contributed by atoms with Crippen molar-refractivity contribution in [3.63, 3.8) is 0 Å². The van der Waals surface area contributed by atoms with E-state index in [-0.39, 0.29) is 23.4 Å². The summed E-state index contributed by atoms with van der Waals surface area (Å²) in [5.41, 5.74) is 2.98. The molecule has 4 amide bonds. The van der Waals surface area contributed by atoms with Crippen molar-refractivity contribution < 1.29 is 19.1 Å². The Morgan fingerprint density at radius 2 is 1.82 bits per heavy atom. The van der Waals surface area contributed by atoms with Crippen LogP contribution >= 0.6 is 0 Å². The van der Waals surface area contributed by atoms with E-state index in [0.29, 0.717) is 19.0 Å². The lowest BCUT2D eigenvalue weighted by Gasteiger charge is -2.53. The molecule has 2 saturated heterocycles. The van der Waals surface area contributed by atoms with Crippen LogP contribution in [0.4, 0.5) is 15.3 Å². The number of hydrogen-bond donors (Lipinski definition) is 1. The molecule has 0 radical (unpaired) electrons. The van der Waals surface area contributed by atoms with E-state index in [2.05, 4.69) is 28.9 Å². The fraction of sp³-hybridized carbons (Fsp3) is 0.577. The van der Waals surface area contributed by atoms with Crippen LogP contribution < -0.4 is 10.2 Å². The normalized spacial score (nSPS) is 21.1. The summed E-state index contributed by atoms with van der Waals surface area (Å²) < 4.78 is 7.96. The topological polar surface area (TPSA) is 83.9 Å². The molecule has 2 aromatic rings. The highest BCUT2D eigenvalue weighted by Crippen LogP contribution is 2.56. The third kappa shape index (κ3) is 4.03. The molecule has 1 aromatic carbocycles. The average molecular weight is 467 g/mol. The number of imide groups is 1. The summed E-state index contributed by atoms with van der Waals surface area (Å²) in [5, 5.41) is 3.47. The van der Waals surface area contributed by atoms with Crippen molar-refractivity contribution in [2.45, 2.75) is 71.4 Å². The van der Waals surface area contributed by atoms with Gasteiger partial charge in [0.25, 0.3) is 0 Å². The molecule has 8 heteroatoms. The van der Waals surface area contributed by atoms with E-state index in [9.17, 15) is 14.4 Å². The molecule has 8 nitrogen and oxygen atoms in total. The molecule has 182 valence electrons. The van der Waals surface area contributed by atoms with Crippen LogP contribution in [0.3, 0.4) is 0 Å². The number of carbonyl (C=O) groups is 3. The van der Waals surface area contributed by atoms with Crippen LogP contribution in [0, 0.1) is 12.3 Å². The van der Waals surface area contributed by atoms with Crippen LogP contribution in [0.25, 0.3) is 10.9 Å². The molecule has 3 heterocycles. The largest absolute Gasteiger partial charge is 0.444 e. The molecular weight excluding hydrogens is 432 g/mol. The number of rotatable bonds is 2. The summed E-state index contributed by atoms with van der Waals surface area (Å²) in [5.74, 6) is -0.223. The predicted molar refractivity (Wildman–Crippen MR) is 130 cm³/mol. The Kier molecular flexibility index (Phi) is 5.37. The minimum Gasteiger partial charge on any atom is -0.444 e. The third-order valence-electron chi connectivity index (χ3n) is 7.58. The van der Waals surface area contributed by atoms with Crippen LogP contribution in [0.15, 0.2) is 24.3 Å². The summed E-state index contributed by atoms with van der Waals surface area (Å²) in [7, 11) is 0. The Morgan fingerprint density at radius 1 is 1.12 bits per heavy atom. The van der Waals surface area contributed by atoms with Crippen molar-refractivity contribution >= 4 is 34.6 Å². The second kappa shape index (κ2) is 8.03. The number of nitrogens with one attached hydrogen (secondary N) is 1. The van der Waals surface area contributed by atoms with Crippen molar-refractivity contribution in [3.8, 4) is 0 Å². The molecule has 1 spiro atoms. The van der Waals surface area contributed by atoms with Crippen molar-refractivity contribution in [2.75, 3.05) is 24.5 Å². The maximum Gasteiger partial charge on any atom is 0.410 e. The van der Waals surface area contributed by atoms with Gasteiger partial charge in [-0.15, -0.1) is 0 Å². The molecular formula is C26H34N4O4. The van der Waals surface area contributed by atoms with E-state index < -0.39 is 5.60 Å². The van der Waals surface area contributed by atoms with E-state index in [4.69, 9.17) is 4.74 Å². The highest BCUT2D eigenvalue weighted by Gasteiger charge is 2.48. The van der Waals surface area contributed by atoms with E-state index >= 15 is 0 Å². The first-order chi connectivity index (χ1) is 16.1. The van der Waals surface area contributed by atoms with E-state index in [0.717, 1.165) is 55.4 Å². The van der Waals surface area contributed by atoms with E-state index in [1.165, 1.54) is 5.69 Å². The number of likely N-dealkylation sites (tertiary alicyclic amines) is 1. The van der Waals surface area contributed by atoms with Gasteiger partial charge in [-0.2, -0.15) is 0 Å². The highest BCUT2D eigenvalue weighted by atomic mass is 16.6. The predicted octanol–water partition coefficient (Wildman–Crippen LogP) is 4.75. The van der Waals surface area contributed by atoms with Gasteiger partial charge in [0.15, 0.2) is 0 Å². The Labute approximate surface area is 200 Å². The van der Waals surface area contributed by atoms with Gasteiger partial charge in [-0.1, -0.05) is 6.07 Å². The van der Waals surface area contributed by atoms with Gasteiger partial charge < -0.3 is 14.2 Å². The molecule has 3 aliphatic rings. The zero-order chi connectivity index (χ0) is 24.3. The molecule has 1 aliphatic carbocycles. The lowest BCUT2D eigenvalue weighted by Crippen LogP contribution is -2.50. The van der Waals surface area contributed by atoms with Crippen LogP contribution in [-0.4, -0.2) is 52.7 Å². The number of hydrogen-bond acceptors (Lipinski definition) is 4. The standard InChI is InChI=1S/C26H34N4O4/c1-17-14-19-20(29-11-8-22(31)27-23(29)32)6-5-7-21(19)30(17)18-15-26(16-18)9-12-28(13-10-26)24(33)34-25(2,3)4/h5-7,14,18H,8-13,15-16H2,1-4H3,(H,27,31,32). The Balaban J connectivity index is 1.30. The summed E-state index contributed by atoms with van der Waals surface area (Å²) >= 11 is 0. The quantitative estimate of drug-likeness (QED) is 0.692. The van der Waals surface area contributed by atoms with Crippen LogP contribution in [0.1, 0.15) is 64.6 Å². The Bertz CT molecular complexity index is 1150. The number of urea groups is 1. The van der Waals surface area contributed by atoms with E-state index in [1.54, 1.807) is 4.90 Å². The maximum absolute atomic E-state index is 12.4. The molecule has 1 N–H and O–H groups in total. The molecule has 0 unspecified atom stereocenters. The molecule has 3 fully saturated rings. The number of nitrogens with zero attached hydrogens (tertiary/aromatic N) is 3. The number of amides is 4. The molecule has 34 heavy (non-hydrogen) atoms. The molecule has 0 bridgehead atoms. The van der Waals surface area contributed by atoms with Gasteiger partial charge in [0, 0.05) is 43.2 Å². The second-order valence-corrected chi connectivity index (χ2v) is 11.2. The number of benzene rings is 1. The number of fused-ring (bicyclic) bond motifs is 1. The lowest BCUT2D eigenvalue weighted by atomic mass is 9.60. The smallest absolute Gasteiger partial charge is 0.410 e. The zero-order valence-electron chi connectivity index (χ0n) is 20.5. The minimum atomic E-state index is -0.468. The fourth-order valence-corrected chi connectivity index (χ4v) is 5.90. The van der Waals surface area contributed by atoms with Gasteiger partial charge in [0.2, 0.25) is 5.91 Å². The maximum atomic E-state index is 12.4. The molecule has 1 aromatic heterocycles. The minimum absolute atomic E-state index is 0.207. The first-order valence-corrected chi connectivity index (χ1v) is 12.3. The van der Waals surface area contributed by atoms with Gasteiger partial charge >= 0.3 is 12.1 Å².